The molecule has 2 heterocycles. The van der Waals surface area contributed by atoms with Gasteiger partial charge in [-0.2, -0.15) is 17.7 Å². The minimum absolute atomic E-state index is 0.185. The van der Waals surface area contributed by atoms with Gasteiger partial charge in [0.25, 0.3) is 0 Å². The number of anilines is 1. The number of halogens is 1. The summed E-state index contributed by atoms with van der Waals surface area (Å²) in [6.45, 7) is 0. The van der Waals surface area contributed by atoms with Gasteiger partial charge in [0.1, 0.15) is 5.75 Å². The largest absolute Gasteiger partial charge is 0.497 e. The summed E-state index contributed by atoms with van der Waals surface area (Å²) < 4.78 is 6.76. The molecule has 0 bridgehead atoms. The van der Waals surface area contributed by atoms with Crippen LogP contribution in [0.1, 0.15) is 17.2 Å². The summed E-state index contributed by atoms with van der Waals surface area (Å²) in [4.78, 5) is 16.4. The second kappa shape index (κ2) is 8.25. The molecular weight excluding hydrogens is 372 g/mol. The smallest absolute Gasteiger partial charge is 0.225 e. The van der Waals surface area contributed by atoms with Gasteiger partial charge >= 0.3 is 0 Å². The van der Waals surface area contributed by atoms with Gasteiger partial charge in [-0.15, -0.1) is 0 Å². The molecule has 134 valence electrons. The molecule has 8 heteroatoms. The van der Waals surface area contributed by atoms with Crippen LogP contribution in [-0.2, 0) is 4.79 Å². The Morgan fingerprint density at radius 3 is 2.96 bits per heavy atom. The molecule has 1 unspecified atom stereocenters. The van der Waals surface area contributed by atoms with Crippen LogP contribution in [0.15, 0.2) is 55.0 Å². The number of methoxy groups -OCH3 is 1. The van der Waals surface area contributed by atoms with Crippen LogP contribution in [0.2, 0.25) is 5.15 Å². The minimum atomic E-state index is -0.266. The number of benzene rings is 1. The third-order valence-corrected chi connectivity index (χ3v) is 4.47. The van der Waals surface area contributed by atoms with E-state index in [9.17, 15) is 4.79 Å². The third kappa shape index (κ3) is 4.36. The Morgan fingerprint density at radius 2 is 2.23 bits per heavy atom. The Bertz CT molecular complexity index is 901. The molecule has 0 spiro atoms. The zero-order valence-electron chi connectivity index (χ0n) is 14.0. The van der Waals surface area contributed by atoms with Gasteiger partial charge in [-0.05, 0) is 29.8 Å². The normalized spacial score (nSPS) is 11.8. The summed E-state index contributed by atoms with van der Waals surface area (Å²) in [6, 6.07) is 11.1. The van der Waals surface area contributed by atoms with E-state index in [1.54, 1.807) is 36.4 Å². The van der Waals surface area contributed by atoms with E-state index >= 15 is 0 Å². The number of carbonyl (C=O) groups excluding carboxylic acids is 1. The molecule has 3 rings (SSSR count). The fourth-order valence-electron chi connectivity index (χ4n) is 2.40. The highest BCUT2D eigenvalue weighted by Crippen LogP contribution is 2.28. The van der Waals surface area contributed by atoms with Crippen LogP contribution in [0.3, 0.4) is 0 Å². The maximum absolute atomic E-state index is 12.3. The number of aromatic nitrogens is 3. The standard InChI is InChI=1S/C18H17ClN4O2S/c1-25-14-6-2-4-12(8-14)16(26)9-17(24)21-15-11-23(22-18(15)19)13-5-3-7-20-10-13/h2-8,10-11,16,26H,9H2,1H3,(H,21,24). The minimum Gasteiger partial charge on any atom is -0.497 e. The summed E-state index contributed by atoms with van der Waals surface area (Å²) in [7, 11) is 1.60. The van der Waals surface area contributed by atoms with Crippen molar-refractivity contribution in [3.8, 4) is 11.4 Å². The molecule has 0 aliphatic rings. The topological polar surface area (TPSA) is 69.0 Å². The van der Waals surface area contributed by atoms with E-state index in [-0.39, 0.29) is 22.7 Å². The van der Waals surface area contributed by atoms with Crippen LogP contribution in [0.4, 0.5) is 5.69 Å². The first-order valence-electron chi connectivity index (χ1n) is 7.84. The quantitative estimate of drug-likeness (QED) is 0.628. The van der Waals surface area contributed by atoms with Crippen LogP contribution in [0, 0.1) is 0 Å². The lowest BCUT2D eigenvalue weighted by Gasteiger charge is -2.12. The Kier molecular flexibility index (Phi) is 5.80. The third-order valence-electron chi connectivity index (χ3n) is 3.71. The van der Waals surface area contributed by atoms with Crippen LogP contribution < -0.4 is 10.1 Å². The van der Waals surface area contributed by atoms with E-state index in [0.29, 0.717) is 5.69 Å². The monoisotopic (exact) mass is 388 g/mol. The first kappa shape index (κ1) is 18.3. The van der Waals surface area contributed by atoms with Gasteiger partial charge in [-0.1, -0.05) is 23.7 Å². The zero-order chi connectivity index (χ0) is 18.5. The molecule has 26 heavy (non-hydrogen) atoms. The Labute approximate surface area is 161 Å². The van der Waals surface area contributed by atoms with Crippen LogP contribution in [0.5, 0.6) is 5.75 Å². The number of ether oxygens (including phenoxy) is 1. The van der Waals surface area contributed by atoms with Crippen LogP contribution in [-0.4, -0.2) is 27.8 Å². The summed E-state index contributed by atoms with van der Waals surface area (Å²) in [5, 5.41) is 6.90. The number of nitrogens with zero attached hydrogens (tertiary/aromatic N) is 3. The molecule has 3 aromatic rings. The molecule has 0 fully saturated rings. The van der Waals surface area contributed by atoms with Gasteiger partial charge in [0.05, 0.1) is 30.9 Å². The molecule has 2 aromatic heterocycles. The number of nitrogens with one attached hydrogen (secondary N) is 1. The number of thiol groups is 1. The van der Waals surface area contributed by atoms with E-state index in [1.807, 2.05) is 30.3 Å². The average molecular weight is 389 g/mol. The molecule has 6 nitrogen and oxygen atoms in total. The number of amides is 1. The molecule has 0 aliphatic heterocycles. The van der Waals surface area contributed by atoms with Crippen molar-refractivity contribution in [2.45, 2.75) is 11.7 Å². The Morgan fingerprint density at radius 1 is 1.38 bits per heavy atom. The van der Waals surface area contributed by atoms with Crippen molar-refractivity contribution in [3.63, 3.8) is 0 Å². The molecule has 0 radical (unpaired) electrons. The van der Waals surface area contributed by atoms with E-state index in [4.69, 9.17) is 16.3 Å². The molecule has 1 N–H and O–H groups in total. The van der Waals surface area contributed by atoms with E-state index < -0.39 is 0 Å². The average Bonchev–Trinajstić information content (AvgIpc) is 3.03. The maximum Gasteiger partial charge on any atom is 0.225 e. The van der Waals surface area contributed by atoms with Crippen LogP contribution in [0.25, 0.3) is 5.69 Å². The van der Waals surface area contributed by atoms with Crippen molar-refractivity contribution in [3.05, 3.63) is 65.7 Å². The van der Waals surface area contributed by atoms with E-state index in [2.05, 4.69) is 28.0 Å². The number of rotatable bonds is 6. The van der Waals surface area contributed by atoms with Crippen molar-refractivity contribution in [2.24, 2.45) is 0 Å². The van der Waals surface area contributed by atoms with Crippen LogP contribution >= 0.6 is 24.2 Å². The number of hydrogen-bond acceptors (Lipinski definition) is 5. The summed E-state index contributed by atoms with van der Waals surface area (Å²) in [5.74, 6) is 0.517. The number of pyridine rings is 1. The van der Waals surface area contributed by atoms with Crippen molar-refractivity contribution in [1.29, 1.82) is 0 Å². The van der Waals surface area contributed by atoms with Gasteiger partial charge in [-0.25, -0.2) is 4.68 Å². The van der Waals surface area contributed by atoms with Gasteiger partial charge < -0.3 is 10.1 Å². The summed E-state index contributed by atoms with van der Waals surface area (Å²) in [6.07, 6.45) is 5.16. The van der Waals surface area contributed by atoms with Crippen molar-refractivity contribution in [1.82, 2.24) is 14.8 Å². The van der Waals surface area contributed by atoms with Crippen molar-refractivity contribution in [2.75, 3.05) is 12.4 Å². The lowest BCUT2D eigenvalue weighted by Crippen LogP contribution is -2.13. The van der Waals surface area contributed by atoms with Gasteiger partial charge in [0.15, 0.2) is 5.15 Å². The molecule has 1 aromatic carbocycles. The zero-order valence-corrected chi connectivity index (χ0v) is 15.6. The highest BCUT2D eigenvalue weighted by molar-refractivity contribution is 7.80. The molecule has 0 saturated carbocycles. The highest BCUT2D eigenvalue weighted by Gasteiger charge is 2.16. The predicted molar refractivity (Wildman–Crippen MR) is 104 cm³/mol. The number of hydrogen-bond donors (Lipinski definition) is 2. The molecule has 0 aliphatic carbocycles. The highest BCUT2D eigenvalue weighted by atomic mass is 35.5. The van der Waals surface area contributed by atoms with Crippen molar-refractivity contribution < 1.29 is 9.53 Å². The van der Waals surface area contributed by atoms with Gasteiger partial charge in [-0.3, -0.25) is 9.78 Å². The first-order valence-corrected chi connectivity index (χ1v) is 8.73. The van der Waals surface area contributed by atoms with Gasteiger partial charge in [0, 0.05) is 17.9 Å². The first-order chi connectivity index (χ1) is 12.6. The molecule has 0 saturated heterocycles. The molecule has 1 amide bonds. The SMILES string of the molecule is COc1cccc(C(S)CC(=O)Nc2cn(-c3cccnc3)nc2Cl)c1. The Hall–Kier alpha value is -2.51. The molecular formula is C18H17ClN4O2S. The van der Waals surface area contributed by atoms with Crippen molar-refractivity contribution >= 4 is 35.8 Å². The summed E-state index contributed by atoms with van der Waals surface area (Å²) >= 11 is 10.7. The fourth-order valence-corrected chi connectivity index (χ4v) is 2.91. The maximum atomic E-state index is 12.3. The Balaban J connectivity index is 1.67. The van der Waals surface area contributed by atoms with E-state index in [1.165, 1.54) is 0 Å². The predicted octanol–water partition coefficient (Wildman–Crippen LogP) is 3.93. The second-order valence-electron chi connectivity index (χ2n) is 5.53. The summed E-state index contributed by atoms with van der Waals surface area (Å²) in [5.41, 5.74) is 2.09. The van der Waals surface area contributed by atoms with E-state index in [0.717, 1.165) is 17.0 Å². The number of carbonyl (C=O) groups is 1. The lowest BCUT2D eigenvalue weighted by molar-refractivity contribution is -0.116. The second-order valence-corrected chi connectivity index (χ2v) is 6.52. The fraction of sp³-hybridized carbons (Fsp3) is 0.167. The molecule has 1 atom stereocenters. The van der Waals surface area contributed by atoms with Gasteiger partial charge in [0.2, 0.25) is 5.91 Å². The lowest BCUT2D eigenvalue weighted by atomic mass is 10.1.